The van der Waals surface area contributed by atoms with E-state index in [2.05, 4.69) is 12.2 Å². The normalized spacial score (nSPS) is 12.1. The Morgan fingerprint density at radius 1 is 1.44 bits per heavy atom. The molecule has 0 saturated heterocycles. The Morgan fingerprint density at radius 2 is 2.12 bits per heavy atom. The fourth-order valence-corrected chi connectivity index (χ4v) is 1.89. The predicted octanol–water partition coefficient (Wildman–Crippen LogP) is 2.49. The van der Waals surface area contributed by atoms with Crippen LogP contribution in [0, 0.1) is 0 Å². The second-order valence-corrected chi connectivity index (χ2v) is 3.93. The van der Waals surface area contributed by atoms with Crippen LogP contribution in [0.4, 0.5) is 5.69 Å². The third kappa shape index (κ3) is 2.99. The number of carbonyl (C=O) groups is 1. The first kappa shape index (κ1) is 12.6. The summed E-state index contributed by atoms with van der Waals surface area (Å²) in [5.41, 5.74) is 7.46. The molecule has 1 aromatic carbocycles. The topological polar surface area (TPSA) is 55.1 Å². The molecule has 88 valence electrons. The summed E-state index contributed by atoms with van der Waals surface area (Å²) in [6.07, 6.45) is 2.92. The lowest BCUT2D eigenvalue weighted by Gasteiger charge is -2.17. The average Bonchev–Trinajstić information content (AvgIpc) is 2.29. The second-order valence-electron chi connectivity index (χ2n) is 3.93. The predicted molar refractivity (Wildman–Crippen MR) is 67.4 cm³/mol. The van der Waals surface area contributed by atoms with Crippen LogP contribution in [0.5, 0.6) is 0 Å². The highest BCUT2D eigenvalue weighted by atomic mass is 16.1. The summed E-state index contributed by atoms with van der Waals surface area (Å²) < 4.78 is 0. The number of primary amides is 1. The number of carbonyl (C=O) groups excluding carboxylic acids is 1. The van der Waals surface area contributed by atoms with Gasteiger partial charge in [-0.2, -0.15) is 0 Å². The maximum Gasteiger partial charge on any atom is 0.225 e. The van der Waals surface area contributed by atoms with E-state index in [1.807, 2.05) is 31.3 Å². The van der Waals surface area contributed by atoms with Gasteiger partial charge >= 0.3 is 0 Å². The molecule has 0 bridgehead atoms. The molecule has 3 N–H and O–H groups in total. The summed E-state index contributed by atoms with van der Waals surface area (Å²) in [4.78, 5) is 11.5. The Morgan fingerprint density at radius 3 is 2.69 bits per heavy atom. The van der Waals surface area contributed by atoms with Crippen molar-refractivity contribution in [3.63, 3.8) is 0 Å². The van der Waals surface area contributed by atoms with Gasteiger partial charge in [-0.25, -0.2) is 0 Å². The smallest absolute Gasteiger partial charge is 0.225 e. The number of anilines is 1. The molecule has 1 amide bonds. The van der Waals surface area contributed by atoms with Gasteiger partial charge in [0, 0.05) is 12.7 Å². The molecular weight excluding hydrogens is 200 g/mol. The van der Waals surface area contributed by atoms with Gasteiger partial charge in [0.1, 0.15) is 0 Å². The molecule has 0 spiro atoms. The minimum atomic E-state index is -0.240. The van der Waals surface area contributed by atoms with E-state index in [-0.39, 0.29) is 11.8 Å². The summed E-state index contributed by atoms with van der Waals surface area (Å²) in [6.45, 7) is 2.11. The van der Waals surface area contributed by atoms with Crippen molar-refractivity contribution in [1.29, 1.82) is 0 Å². The minimum Gasteiger partial charge on any atom is -0.388 e. The van der Waals surface area contributed by atoms with Crippen LogP contribution >= 0.6 is 0 Å². The molecule has 1 aromatic rings. The van der Waals surface area contributed by atoms with E-state index < -0.39 is 0 Å². The summed E-state index contributed by atoms with van der Waals surface area (Å²) in [5, 5.41) is 3.10. The van der Waals surface area contributed by atoms with E-state index in [1.54, 1.807) is 0 Å². The standard InChI is InChI=1S/C13H20N2O/c1-3-4-7-11(13(14)16)10-8-5-6-9-12(10)15-2/h5-6,8-9,11,15H,3-4,7H2,1-2H3,(H2,14,16)/t11-/m1/s1. The van der Waals surface area contributed by atoms with Gasteiger partial charge in [0.05, 0.1) is 5.92 Å². The third-order valence-electron chi connectivity index (χ3n) is 2.80. The summed E-state index contributed by atoms with van der Waals surface area (Å²) in [6, 6.07) is 7.83. The van der Waals surface area contributed by atoms with E-state index in [0.29, 0.717) is 0 Å². The van der Waals surface area contributed by atoms with Crippen LogP contribution in [0.2, 0.25) is 0 Å². The van der Waals surface area contributed by atoms with Crippen LogP contribution in [0.25, 0.3) is 0 Å². The number of para-hydroxylation sites is 1. The lowest BCUT2D eigenvalue weighted by molar-refractivity contribution is -0.119. The molecule has 0 saturated carbocycles. The SMILES string of the molecule is CCCC[C@@H](C(N)=O)c1ccccc1NC. The first-order valence-corrected chi connectivity index (χ1v) is 5.76. The highest BCUT2D eigenvalue weighted by Gasteiger charge is 2.19. The van der Waals surface area contributed by atoms with Gasteiger partial charge in [-0.1, -0.05) is 38.0 Å². The van der Waals surface area contributed by atoms with Gasteiger partial charge in [0.2, 0.25) is 5.91 Å². The molecule has 0 aromatic heterocycles. The number of hydrogen-bond acceptors (Lipinski definition) is 2. The molecule has 0 heterocycles. The zero-order valence-corrected chi connectivity index (χ0v) is 9.99. The number of benzene rings is 1. The molecule has 0 aliphatic heterocycles. The van der Waals surface area contributed by atoms with Crippen molar-refractivity contribution < 1.29 is 4.79 Å². The van der Waals surface area contributed by atoms with Crippen LogP contribution in [0.1, 0.15) is 37.7 Å². The van der Waals surface area contributed by atoms with Crippen LogP contribution in [0.3, 0.4) is 0 Å². The summed E-state index contributed by atoms with van der Waals surface area (Å²) in [7, 11) is 1.86. The quantitative estimate of drug-likeness (QED) is 0.773. The first-order chi connectivity index (χ1) is 7.70. The lowest BCUT2D eigenvalue weighted by atomic mass is 9.91. The Labute approximate surface area is 97.0 Å². The zero-order chi connectivity index (χ0) is 12.0. The third-order valence-corrected chi connectivity index (χ3v) is 2.80. The zero-order valence-electron chi connectivity index (χ0n) is 9.99. The maximum atomic E-state index is 11.5. The van der Waals surface area contributed by atoms with E-state index >= 15 is 0 Å². The van der Waals surface area contributed by atoms with Crippen LogP contribution < -0.4 is 11.1 Å². The monoisotopic (exact) mass is 220 g/mol. The van der Waals surface area contributed by atoms with Crippen molar-refractivity contribution in [2.75, 3.05) is 12.4 Å². The van der Waals surface area contributed by atoms with Gasteiger partial charge in [-0.3, -0.25) is 4.79 Å². The first-order valence-electron chi connectivity index (χ1n) is 5.76. The van der Waals surface area contributed by atoms with E-state index in [4.69, 9.17) is 5.73 Å². The molecular formula is C13H20N2O. The molecule has 1 atom stereocenters. The Hall–Kier alpha value is -1.51. The molecule has 0 fully saturated rings. The molecule has 0 aliphatic carbocycles. The Kier molecular flexibility index (Phi) is 4.83. The van der Waals surface area contributed by atoms with E-state index in [9.17, 15) is 4.79 Å². The fourth-order valence-electron chi connectivity index (χ4n) is 1.89. The highest BCUT2D eigenvalue weighted by molar-refractivity contribution is 5.84. The second kappa shape index (κ2) is 6.16. The van der Waals surface area contributed by atoms with Crippen molar-refractivity contribution >= 4 is 11.6 Å². The van der Waals surface area contributed by atoms with Crippen LogP contribution in [-0.2, 0) is 4.79 Å². The van der Waals surface area contributed by atoms with E-state index in [0.717, 1.165) is 30.5 Å². The number of nitrogens with two attached hydrogens (primary N) is 1. The van der Waals surface area contributed by atoms with Crippen molar-refractivity contribution in [3.05, 3.63) is 29.8 Å². The Bertz CT molecular complexity index is 350. The van der Waals surface area contributed by atoms with E-state index in [1.165, 1.54) is 0 Å². The van der Waals surface area contributed by atoms with Gasteiger partial charge in [0.15, 0.2) is 0 Å². The molecule has 0 radical (unpaired) electrons. The molecule has 3 heteroatoms. The molecule has 0 unspecified atom stereocenters. The number of nitrogens with one attached hydrogen (secondary N) is 1. The van der Waals surface area contributed by atoms with Gasteiger partial charge < -0.3 is 11.1 Å². The number of hydrogen-bond donors (Lipinski definition) is 2. The lowest BCUT2D eigenvalue weighted by Crippen LogP contribution is -2.22. The molecule has 1 rings (SSSR count). The molecule has 0 aliphatic rings. The summed E-state index contributed by atoms with van der Waals surface area (Å²) >= 11 is 0. The van der Waals surface area contributed by atoms with Crippen LogP contribution in [0.15, 0.2) is 24.3 Å². The van der Waals surface area contributed by atoms with Gasteiger partial charge in [0.25, 0.3) is 0 Å². The van der Waals surface area contributed by atoms with Crippen molar-refractivity contribution in [2.45, 2.75) is 32.1 Å². The Balaban J connectivity index is 2.95. The average molecular weight is 220 g/mol. The highest BCUT2D eigenvalue weighted by Crippen LogP contribution is 2.28. The maximum absolute atomic E-state index is 11.5. The minimum absolute atomic E-state index is 0.177. The molecule has 3 nitrogen and oxygen atoms in total. The fraction of sp³-hybridized carbons (Fsp3) is 0.462. The van der Waals surface area contributed by atoms with Gasteiger partial charge in [-0.05, 0) is 18.1 Å². The number of unbranched alkanes of at least 4 members (excludes halogenated alkanes) is 1. The molecule has 16 heavy (non-hydrogen) atoms. The van der Waals surface area contributed by atoms with Crippen molar-refractivity contribution in [2.24, 2.45) is 5.73 Å². The summed E-state index contributed by atoms with van der Waals surface area (Å²) in [5.74, 6) is -0.417. The number of amides is 1. The largest absolute Gasteiger partial charge is 0.388 e. The van der Waals surface area contributed by atoms with Crippen molar-refractivity contribution in [1.82, 2.24) is 0 Å². The van der Waals surface area contributed by atoms with Crippen molar-refractivity contribution in [3.8, 4) is 0 Å². The number of rotatable bonds is 6. The van der Waals surface area contributed by atoms with Gasteiger partial charge in [-0.15, -0.1) is 0 Å². The van der Waals surface area contributed by atoms with Crippen LogP contribution in [-0.4, -0.2) is 13.0 Å².